The third-order valence-corrected chi connectivity index (χ3v) is 5.04. The Balaban J connectivity index is 1.39. The van der Waals surface area contributed by atoms with Gasteiger partial charge in [0.2, 0.25) is 0 Å². The Hall–Kier alpha value is -2.18. The first kappa shape index (κ1) is 16.3. The second-order valence-electron chi connectivity index (χ2n) is 6.71. The normalized spacial score (nSPS) is 21.6. The maximum absolute atomic E-state index is 12.9. The predicted octanol–water partition coefficient (Wildman–Crippen LogP) is 1.81. The maximum atomic E-state index is 12.9. The van der Waals surface area contributed by atoms with E-state index in [1.165, 1.54) is 6.42 Å². The van der Waals surface area contributed by atoms with E-state index < -0.39 is 0 Å². The molecule has 0 N–H and O–H groups in total. The fourth-order valence-electron chi connectivity index (χ4n) is 3.62. The SMILES string of the molecule is O=C(c1cncn1-c1ccccc1)N1CCN(C[C@@H]2CCCO2)CC1. The summed E-state index contributed by atoms with van der Waals surface area (Å²) in [7, 11) is 0. The fourth-order valence-corrected chi connectivity index (χ4v) is 3.62. The number of para-hydroxylation sites is 1. The third kappa shape index (κ3) is 3.60. The zero-order valence-corrected chi connectivity index (χ0v) is 14.4. The highest BCUT2D eigenvalue weighted by atomic mass is 16.5. The Morgan fingerprint density at radius 3 is 2.68 bits per heavy atom. The number of rotatable bonds is 4. The second kappa shape index (κ2) is 7.37. The number of aromatic nitrogens is 2. The lowest BCUT2D eigenvalue weighted by Crippen LogP contribution is -2.50. The summed E-state index contributed by atoms with van der Waals surface area (Å²) in [6.07, 6.45) is 6.08. The van der Waals surface area contributed by atoms with Crippen LogP contribution >= 0.6 is 0 Å². The molecule has 0 radical (unpaired) electrons. The van der Waals surface area contributed by atoms with Gasteiger partial charge in [0.15, 0.2) is 0 Å². The van der Waals surface area contributed by atoms with E-state index in [9.17, 15) is 4.79 Å². The molecule has 2 fully saturated rings. The summed E-state index contributed by atoms with van der Waals surface area (Å²) in [6.45, 7) is 5.21. The summed E-state index contributed by atoms with van der Waals surface area (Å²) in [5.41, 5.74) is 1.58. The molecule has 2 saturated heterocycles. The highest BCUT2D eigenvalue weighted by molar-refractivity contribution is 5.93. The van der Waals surface area contributed by atoms with Crippen LogP contribution in [0.4, 0.5) is 0 Å². The van der Waals surface area contributed by atoms with Crippen LogP contribution in [-0.2, 0) is 4.74 Å². The summed E-state index contributed by atoms with van der Waals surface area (Å²) >= 11 is 0. The quantitative estimate of drug-likeness (QED) is 0.852. The van der Waals surface area contributed by atoms with Crippen molar-refractivity contribution in [2.45, 2.75) is 18.9 Å². The van der Waals surface area contributed by atoms with Crippen molar-refractivity contribution in [1.82, 2.24) is 19.4 Å². The number of carbonyl (C=O) groups excluding carboxylic acids is 1. The molecule has 6 heteroatoms. The minimum atomic E-state index is 0.0538. The molecule has 25 heavy (non-hydrogen) atoms. The number of amides is 1. The van der Waals surface area contributed by atoms with Gasteiger partial charge in [0, 0.05) is 45.0 Å². The third-order valence-electron chi connectivity index (χ3n) is 5.04. The standard InChI is InChI=1S/C19H24N4O2/c24-19(18-13-20-15-23(18)16-5-2-1-3-6-16)22-10-8-21(9-11-22)14-17-7-4-12-25-17/h1-3,5-6,13,15,17H,4,7-12,14H2/t17-/m0/s1. The van der Waals surface area contributed by atoms with Gasteiger partial charge < -0.3 is 9.64 Å². The van der Waals surface area contributed by atoms with Gasteiger partial charge in [-0.1, -0.05) is 18.2 Å². The Labute approximate surface area is 148 Å². The van der Waals surface area contributed by atoms with Crippen LogP contribution in [-0.4, -0.2) is 70.7 Å². The van der Waals surface area contributed by atoms with Gasteiger partial charge in [0.1, 0.15) is 5.69 Å². The second-order valence-corrected chi connectivity index (χ2v) is 6.71. The molecule has 2 aromatic rings. The highest BCUT2D eigenvalue weighted by Crippen LogP contribution is 2.17. The molecular weight excluding hydrogens is 316 g/mol. The van der Waals surface area contributed by atoms with Crippen molar-refractivity contribution in [1.29, 1.82) is 0 Å². The van der Waals surface area contributed by atoms with Crippen LogP contribution in [0.1, 0.15) is 23.3 Å². The molecule has 6 nitrogen and oxygen atoms in total. The van der Waals surface area contributed by atoms with Crippen molar-refractivity contribution in [3.8, 4) is 5.69 Å². The molecule has 1 atom stereocenters. The van der Waals surface area contributed by atoms with Crippen molar-refractivity contribution in [3.05, 3.63) is 48.5 Å². The van der Waals surface area contributed by atoms with Crippen LogP contribution in [0.5, 0.6) is 0 Å². The van der Waals surface area contributed by atoms with Gasteiger partial charge in [-0.3, -0.25) is 14.3 Å². The molecule has 1 aromatic heterocycles. The van der Waals surface area contributed by atoms with Crippen LogP contribution in [0.15, 0.2) is 42.9 Å². The summed E-state index contributed by atoms with van der Waals surface area (Å²) in [5.74, 6) is 0.0538. The fraction of sp³-hybridized carbons (Fsp3) is 0.474. The van der Waals surface area contributed by atoms with E-state index >= 15 is 0 Å². The Bertz CT molecular complexity index is 701. The summed E-state index contributed by atoms with van der Waals surface area (Å²) in [5, 5.41) is 0. The van der Waals surface area contributed by atoms with Crippen molar-refractivity contribution < 1.29 is 9.53 Å². The van der Waals surface area contributed by atoms with E-state index in [1.807, 2.05) is 39.8 Å². The first-order valence-electron chi connectivity index (χ1n) is 9.02. The topological polar surface area (TPSA) is 50.6 Å². The van der Waals surface area contributed by atoms with Gasteiger partial charge >= 0.3 is 0 Å². The van der Waals surface area contributed by atoms with E-state index in [1.54, 1.807) is 12.5 Å². The smallest absolute Gasteiger partial charge is 0.272 e. The van der Waals surface area contributed by atoms with Crippen LogP contribution in [0.3, 0.4) is 0 Å². The van der Waals surface area contributed by atoms with Crippen LogP contribution in [0, 0.1) is 0 Å². The first-order chi connectivity index (χ1) is 12.3. The molecule has 1 aromatic carbocycles. The van der Waals surface area contributed by atoms with E-state index in [0.29, 0.717) is 11.8 Å². The van der Waals surface area contributed by atoms with Crippen molar-refractivity contribution in [3.63, 3.8) is 0 Å². The Kier molecular flexibility index (Phi) is 4.81. The number of imidazole rings is 1. The van der Waals surface area contributed by atoms with E-state index in [2.05, 4.69) is 9.88 Å². The van der Waals surface area contributed by atoms with Gasteiger partial charge in [0.25, 0.3) is 5.91 Å². The number of nitrogens with zero attached hydrogens (tertiary/aromatic N) is 4. The molecule has 2 aliphatic rings. The van der Waals surface area contributed by atoms with Gasteiger partial charge in [-0.15, -0.1) is 0 Å². The molecule has 4 rings (SSSR count). The lowest BCUT2D eigenvalue weighted by atomic mass is 10.2. The zero-order chi connectivity index (χ0) is 17.1. The molecule has 3 heterocycles. The Morgan fingerprint density at radius 1 is 1.16 bits per heavy atom. The number of hydrogen-bond donors (Lipinski definition) is 0. The van der Waals surface area contributed by atoms with Gasteiger partial charge in [-0.2, -0.15) is 0 Å². The van der Waals surface area contributed by atoms with Gasteiger partial charge in [-0.25, -0.2) is 4.98 Å². The molecule has 0 aliphatic carbocycles. The molecule has 0 spiro atoms. The number of hydrogen-bond acceptors (Lipinski definition) is 4. The van der Waals surface area contributed by atoms with Crippen molar-refractivity contribution in [2.75, 3.05) is 39.3 Å². The van der Waals surface area contributed by atoms with Gasteiger partial charge in [-0.05, 0) is 25.0 Å². The minimum absolute atomic E-state index is 0.0538. The molecule has 0 unspecified atom stereocenters. The Morgan fingerprint density at radius 2 is 1.96 bits per heavy atom. The van der Waals surface area contributed by atoms with Crippen LogP contribution < -0.4 is 0 Å². The molecule has 0 bridgehead atoms. The average molecular weight is 340 g/mol. The summed E-state index contributed by atoms with van der Waals surface area (Å²) in [4.78, 5) is 21.5. The number of benzene rings is 1. The zero-order valence-electron chi connectivity index (χ0n) is 14.4. The van der Waals surface area contributed by atoms with E-state index in [4.69, 9.17) is 4.74 Å². The molecule has 132 valence electrons. The summed E-state index contributed by atoms with van der Waals surface area (Å²) in [6, 6.07) is 9.87. The van der Waals surface area contributed by atoms with Crippen molar-refractivity contribution >= 4 is 5.91 Å². The first-order valence-corrected chi connectivity index (χ1v) is 9.02. The lowest BCUT2D eigenvalue weighted by Gasteiger charge is -2.35. The number of piperazine rings is 1. The van der Waals surface area contributed by atoms with Crippen LogP contribution in [0.25, 0.3) is 5.69 Å². The molecule has 1 amide bonds. The van der Waals surface area contributed by atoms with Gasteiger partial charge in [0.05, 0.1) is 18.6 Å². The number of carbonyl (C=O) groups is 1. The highest BCUT2D eigenvalue weighted by Gasteiger charge is 2.26. The van der Waals surface area contributed by atoms with E-state index in [-0.39, 0.29) is 5.91 Å². The number of ether oxygens (including phenoxy) is 1. The lowest BCUT2D eigenvalue weighted by molar-refractivity contribution is 0.0428. The largest absolute Gasteiger partial charge is 0.377 e. The monoisotopic (exact) mass is 340 g/mol. The van der Waals surface area contributed by atoms with Crippen LogP contribution in [0.2, 0.25) is 0 Å². The molecule has 0 saturated carbocycles. The predicted molar refractivity (Wildman–Crippen MR) is 94.9 cm³/mol. The molecule has 2 aliphatic heterocycles. The summed E-state index contributed by atoms with van der Waals surface area (Å²) < 4.78 is 7.58. The minimum Gasteiger partial charge on any atom is -0.377 e. The van der Waals surface area contributed by atoms with E-state index in [0.717, 1.165) is 51.4 Å². The van der Waals surface area contributed by atoms with Crippen molar-refractivity contribution in [2.24, 2.45) is 0 Å². The maximum Gasteiger partial charge on any atom is 0.272 e. The molecular formula is C19H24N4O2. The average Bonchev–Trinajstić information content (AvgIpc) is 3.34.